The molecule has 0 aliphatic heterocycles. The smallest absolute Gasteiger partial charge is 0.133 e. The Morgan fingerprint density at radius 3 is 2.03 bits per heavy atom. The van der Waals surface area contributed by atoms with Crippen molar-refractivity contribution >= 4 is 17.3 Å². The van der Waals surface area contributed by atoms with Crippen LogP contribution in [-0.2, 0) is 14.4 Å². The van der Waals surface area contributed by atoms with E-state index in [-0.39, 0.29) is 13.3 Å². The third-order valence-corrected chi connectivity index (χ3v) is 6.93. The molecule has 0 saturated heterocycles. The molecule has 0 heterocycles. The van der Waals surface area contributed by atoms with Crippen LogP contribution in [0, 0.1) is 30.6 Å². The van der Waals surface area contributed by atoms with E-state index in [0.717, 1.165) is 32.1 Å². The number of unbranched alkanes of at least 4 members (excludes halogenated alkanes) is 3. The third-order valence-electron chi connectivity index (χ3n) is 6.93. The minimum absolute atomic E-state index is 0. The molecule has 3 heteroatoms. The van der Waals surface area contributed by atoms with E-state index >= 15 is 0 Å². The number of allylic oxidation sites excluding steroid dienone is 2. The monoisotopic (exact) mass is 514 g/mol. The summed E-state index contributed by atoms with van der Waals surface area (Å²) >= 11 is 0. The van der Waals surface area contributed by atoms with Gasteiger partial charge >= 0.3 is 0 Å². The van der Waals surface area contributed by atoms with Crippen molar-refractivity contribution in [1.29, 1.82) is 0 Å². The molecule has 1 aromatic rings. The Morgan fingerprint density at radius 1 is 0.919 bits per heavy atom. The van der Waals surface area contributed by atoms with Gasteiger partial charge in [0.1, 0.15) is 17.3 Å². The summed E-state index contributed by atoms with van der Waals surface area (Å²) in [6, 6.07) is 10.3. The second kappa shape index (κ2) is 23.1. The molecule has 1 unspecified atom stereocenters. The molecule has 2 fully saturated rings. The van der Waals surface area contributed by atoms with Crippen molar-refractivity contribution in [2.75, 3.05) is 0 Å². The van der Waals surface area contributed by atoms with Gasteiger partial charge in [-0.2, -0.15) is 0 Å². The molecule has 1 aromatic carbocycles. The first-order valence-electron chi connectivity index (χ1n) is 14.5. The molecule has 37 heavy (non-hydrogen) atoms. The number of rotatable bonds is 10. The van der Waals surface area contributed by atoms with Crippen molar-refractivity contribution < 1.29 is 14.4 Å². The molecular weight excluding hydrogens is 456 g/mol. The van der Waals surface area contributed by atoms with Gasteiger partial charge in [0.2, 0.25) is 0 Å². The maximum absolute atomic E-state index is 11.3. The number of carbonyl (C=O) groups excluding carboxylic acids is 3. The minimum atomic E-state index is 0. The fraction of sp³-hybridized carbons (Fsp3) is 0.676. The summed E-state index contributed by atoms with van der Waals surface area (Å²) in [7, 11) is 0. The summed E-state index contributed by atoms with van der Waals surface area (Å²) in [5.41, 5.74) is 1.32. The molecule has 0 bridgehead atoms. The molecule has 3 rings (SSSR count). The third kappa shape index (κ3) is 18.8. The molecule has 3 nitrogen and oxygen atoms in total. The van der Waals surface area contributed by atoms with E-state index in [1.807, 2.05) is 39.0 Å². The number of aryl methyl sites for hydroxylation is 1. The first-order valence-corrected chi connectivity index (χ1v) is 14.5. The van der Waals surface area contributed by atoms with Crippen LogP contribution >= 0.6 is 0 Å². The quantitative estimate of drug-likeness (QED) is 0.230. The summed E-state index contributed by atoms with van der Waals surface area (Å²) in [5.74, 6) is 2.67. The molecule has 2 aliphatic carbocycles. The standard InChI is InChI=1S/C12H20O2.C12H20O.C7H8.C2H6.CH4/c1-3-12(14)8-10-5-4-6-11(7-10)9(2)13;1-3-4-5-6-7-8-11-9-12(11)10(2)13;1-7-5-3-2-4-6-7;1-2;/h10-11H,3-8H2,1-2H3;7-8,11-12H,3-6,9H2,1-2H3;2-6H,1H3;1-2H3;1H4/b;8-7-;;;/t10?,11-;11-,12-;;;/m11.../s1. The predicted octanol–water partition coefficient (Wildman–Crippen LogP) is 9.76. The van der Waals surface area contributed by atoms with E-state index in [0.29, 0.717) is 47.9 Å². The summed E-state index contributed by atoms with van der Waals surface area (Å²) < 4.78 is 0. The van der Waals surface area contributed by atoms with Gasteiger partial charge in [0.05, 0.1) is 0 Å². The van der Waals surface area contributed by atoms with Crippen LogP contribution in [0.1, 0.15) is 125 Å². The summed E-state index contributed by atoms with van der Waals surface area (Å²) in [4.78, 5) is 33.4. The summed E-state index contributed by atoms with van der Waals surface area (Å²) in [5, 5.41) is 0. The Balaban J connectivity index is 0. The fourth-order valence-electron chi connectivity index (χ4n) is 4.52. The topological polar surface area (TPSA) is 51.2 Å². The van der Waals surface area contributed by atoms with Crippen LogP contribution in [0.25, 0.3) is 0 Å². The molecule has 212 valence electrons. The number of carbonyl (C=O) groups is 3. The van der Waals surface area contributed by atoms with Gasteiger partial charge in [-0.15, -0.1) is 0 Å². The molecule has 0 amide bonds. The Hall–Kier alpha value is -2.03. The van der Waals surface area contributed by atoms with Crippen LogP contribution in [0.5, 0.6) is 0 Å². The molecule has 4 atom stereocenters. The molecule has 2 aliphatic rings. The zero-order valence-corrected chi connectivity index (χ0v) is 24.4. The normalized spacial score (nSPS) is 21.5. The summed E-state index contributed by atoms with van der Waals surface area (Å²) in [6.07, 6.45) is 16.2. The predicted molar refractivity (Wildman–Crippen MR) is 161 cm³/mol. The van der Waals surface area contributed by atoms with Gasteiger partial charge < -0.3 is 0 Å². The van der Waals surface area contributed by atoms with Crippen molar-refractivity contribution in [1.82, 2.24) is 0 Å². The van der Waals surface area contributed by atoms with Crippen LogP contribution in [0.2, 0.25) is 0 Å². The van der Waals surface area contributed by atoms with E-state index in [9.17, 15) is 14.4 Å². The van der Waals surface area contributed by atoms with Gasteiger partial charge in [0, 0.05) is 24.7 Å². The fourth-order valence-corrected chi connectivity index (χ4v) is 4.52. The highest BCUT2D eigenvalue weighted by atomic mass is 16.1. The summed E-state index contributed by atoms with van der Waals surface area (Å²) in [6.45, 7) is 13.6. The zero-order valence-electron chi connectivity index (χ0n) is 24.4. The van der Waals surface area contributed by atoms with E-state index in [2.05, 4.69) is 38.1 Å². The minimum Gasteiger partial charge on any atom is -0.300 e. The highest BCUT2D eigenvalue weighted by Crippen LogP contribution is 2.40. The van der Waals surface area contributed by atoms with Crippen LogP contribution in [0.15, 0.2) is 42.5 Å². The van der Waals surface area contributed by atoms with E-state index in [1.165, 1.54) is 31.2 Å². The van der Waals surface area contributed by atoms with Gasteiger partial charge in [-0.3, -0.25) is 14.4 Å². The molecule has 2 saturated carbocycles. The molecule has 0 N–H and O–H groups in total. The maximum atomic E-state index is 11.3. The lowest BCUT2D eigenvalue weighted by Gasteiger charge is -2.26. The Kier molecular flexibility index (Phi) is 23.2. The Bertz CT molecular complexity index is 750. The average molecular weight is 515 g/mol. The lowest BCUT2D eigenvalue weighted by atomic mass is 9.77. The number of hydrogen-bond acceptors (Lipinski definition) is 3. The van der Waals surface area contributed by atoms with E-state index in [4.69, 9.17) is 0 Å². The van der Waals surface area contributed by atoms with Crippen LogP contribution in [-0.4, -0.2) is 17.3 Å². The lowest BCUT2D eigenvalue weighted by Crippen LogP contribution is -2.22. The Morgan fingerprint density at radius 2 is 1.57 bits per heavy atom. The average Bonchev–Trinajstić information content (AvgIpc) is 3.66. The van der Waals surface area contributed by atoms with Gasteiger partial charge in [0.25, 0.3) is 0 Å². The number of Topliss-reactive ketones (excluding diaryl/α,β-unsaturated/α-hetero) is 3. The van der Waals surface area contributed by atoms with Crippen LogP contribution < -0.4 is 0 Å². The highest BCUT2D eigenvalue weighted by molar-refractivity contribution is 5.81. The van der Waals surface area contributed by atoms with Crippen molar-refractivity contribution in [3.63, 3.8) is 0 Å². The van der Waals surface area contributed by atoms with Crippen LogP contribution in [0.4, 0.5) is 0 Å². The highest BCUT2D eigenvalue weighted by Gasteiger charge is 2.38. The van der Waals surface area contributed by atoms with Gasteiger partial charge in [-0.25, -0.2) is 0 Å². The largest absolute Gasteiger partial charge is 0.300 e. The first kappa shape index (κ1) is 37.1. The van der Waals surface area contributed by atoms with E-state index in [1.54, 1.807) is 13.8 Å². The maximum Gasteiger partial charge on any atom is 0.133 e. The van der Waals surface area contributed by atoms with Gasteiger partial charge in [-0.05, 0) is 71.1 Å². The molecule has 0 aromatic heterocycles. The zero-order chi connectivity index (χ0) is 27.3. The van der Waals surface area contributed by atoms with Crippen molar-refractivity contribution in [3.05, 3.63) is 48.0 Å². The van der Waals surface area contributed by atoms with Crippen molar-refractivity contribution in [2.24, 2.45) is 23.7 Å². The van der Waals surface area contributed by atoms with Crippen LogP contribution in [0.3, 0.4) is 0 Å². The molecular formula is C34H58O3. The Labute approximate surface area is 229 Å². The SMILES string of the molecule is C.CC.CCC(=O)CC1CCC[C@@H](C(C)=O)C1.CCCCC/C=C\[C@@H]1C[C@@H]1C(C)=O.Cc1ccccc1. The second-order valence-corrected chi connectivity index (χ2v) is 10.1. The molecule has 0 spiro atoms. The van der Waals surface area contributed by atoms with Crippen molar-refractivity contribution in [2.45, 2.75) is 127 Å². The van der Waals surface area contributed by atoms with Gasteiger partial charge in [0.15, 0.2) is 0 Å². The number of hydrogen-bond donors (Lipinski definition) is 0. The second-order valence-electron chi connectivity index (χ2n) is 10.1. The van der Waals surface area contributed by atoms with E-state index < -0.39 is 0 Å². The van der Waals surface area contributed by atoms with Crippen molar-refractivity contribution in [3.8, 4) is 0 Å². The number of benzene rings is 1. The lowest BCUT2D eigenvalue weighted by molar-refractivity contribution is -0.124. The first-order chi connectivity index (χ1) is 17.3. The molecule has 0 radical (unpaired) electrons. The number of ketones is 3. The van der Waals surface area contributed by atoms with Gasteiger partial charge in [-0.1, -0.05) is 102 Å².